The third kappa shape index (κ3) is 3.26. The molecule has 0 fully saturated rings. The number of thiophene rings is 1. The standard InChI is InChI=1S/C8H8Cl2N2O3S/c1-15-8(14)5-4(2-3-16-5)11-12-7(13)6(9)10/h2-3,6,11H,1H3,(H,12,13). The van der Waals surface area contributed by atoms with E-state index in [1.165, 1.54) is 18.4 Å². The highest BCUT2D eigenvalue weighted by Gasteiger charge is 2.15. The van der Waals surface area contributed by atoms with Crippen molar-refractivity contribution in [2.24, 2.45) is 0 Å². The summed E-state index contributed by atoms with van der Waals surface area (Å²) in [5.41, 5.74) is 5.21. The largest absolute Gasteiger partial charge is 0.465 e. The summed E-state index contributed by atoms with van der Waals surface area (Å²) in [6.45, 7) is 0. The number of hydrogen-bond donors (Lipinski definition) is 2. The number of nitrogens with one attached hydrogen (secondary N) is 2. The molecule has 1 rings (SSSR count). The minimum atomic E-state index is -1.17. The van der Waals surface area contributed by atoms with Crippen LogP contribution in [-0.2, 0) is 9.53 Å². The Balaban J connectivity index is 2.64. The van der Waals surface area contributed by atoms with Gasteiger partial charge in [-0.25, -0.2) is 4.79 Å². The Morgan fingerprint density at radius 2 is 2.19 bits per heavy atom. The number of methoxy groups -OCH3 is 1. The second kappa shape index (κ2) is 5.93. The van der Waals surface area contributed by atoms with Crippen LogP contribution in [0.2, 0.25) is 0 Å². The Morgan fingerprint density at radius 1 is 1.50 bits per heavy atom. The molecule has 0 radical (unpaired) electrons. The van der Waals surface area contributed by atoms with Crippen molar-refractivity contribution >= 4 is 52.1 Å². The Hall–Kier alpha value is -0.980. The van der Waals surface area contributed by atoms with Crippen LogP contribution in [0.15, 0.2) is 11.4 Å². The first-order valence-corrected chi connectivity index (χ1v) is 5.81. The highest BCUT2D eigenvalue weighted by Crippen LogP contribution is 2.22. The number of amides is 1. The maximum atomic E-state index is 11.3. The van der Waals surface area contributed by atoms with E-state index >= 15 is 0 Å². The van der Waals surface area contributed by atoms with Crippen molar-refractivity contribution in [3.8, 4) is 0 Å². The number of hydrazine groups is 1. The Kier molecular flexibility index (Phi) is 4.85. The van der Waals surface area contributed by atoms with E-state index in [-0.39, 0.29) is 0 Å². The highest BCUT2D eigenvalue weighted by molar-refractivity contribution is 7.12. The third-order valence-electron chi connectivity index (χ3n) is 1.55. The molecule has 0 atom stereocenters. The molecular weight excluding hydrogens is 275 g/mol. The third-order valence-corrected chi connectivity index (χ3v) is 2.85. The van der Waals surface area contributed by atoms with E-state index in [1.807, 2.05) is 0 Å². The summed E-state index contributed by atoms with van der Waals surface area (Å²) in [7, 11) is 1.28. The monoisotopic (exact) mass is 282 g/mol. The summed E-state index contributed by atoms with van der Waals surface area (Å²) in [5, 5.41) is 1.68. The van der Waals surface area contributed by atoms with Gasteiger partial charge in [0.1, 0.15) is 4.88 Å². The minimum Gasteiger partial charge on any atom is -0.465 e. The predicted molar refractivity (Wildman–Crippen MR) is 62.9 cm³/mol. The number of ether oxygens (including phenoxy) is 1. The molecule has 0 saturated carbocycles. The van der Waals surface area contributed by atoms with Crippen LogP contribution in [0.4, 0.5) is 5.69 Å². The summed E-state index contributed by atoms with van der Waals surface area (Å²) >= 11 is 11.8. The molecule has 0 aliphatic carbocycles. The smallest absolute Gasteiger partial charge is 0.350 e. The molecule has 1 heterocycles. The van der Waals surface area contributed by atoms with Crippen molar-refractivity contribution in [1.82, 2.24) is 5.43 Å². The molecule has 0 unspecified atom stereocenters. The molecule has 0 aliphatic rings. The number of carbonyl (C=O) groups excluding carboxylic acids is 2. The number of hydrogen-bond acceptors (Lipinski definition) is 5. The van der Waals surface area contributed by atoms with Gasteiger partial charge in [-0.05, 0) is 11.4 Å². The normalized spacial score (nSPS) is 10.0. The van der Waals surface area contributed by atoms with Gasteiger partial charge in [0.15, 0.2) is 4.84 Å². The van der Waals surface area contributed by atoms with Gasteiger partial charge in [0.2, 0.25) is 0 Å². The zero-order valence-electron chi connectivity index (χ0n) is 8.12. The fourth-order valence-corrected chi connectivity index (χ4v) is 1.72. The van der Waals surface area contributed by atoms with Gasteiger partial charge in [-0.2, -0.15) is 0 Å². The average Bonchev–Trinajstić information content (AvgIpc) is 2.72. The fourth-order valence-electron chi connectivity index (χ4n) is 0.842. The van der Waals surface area contributed by atoms with Crippen LogP contribution in [0, 0.1) is 0 Å². The number of esters is 1. The lowest BCUT2D eigenvalue weighted by Gasteiger charge is -2.08. The lowest BCUT2D eigenvalue weighted by molar-refractivity contribution is -0.118. The highest BCUT2D eigenvalue weighted by atomic mass is 35.5. The number of rotatable bonds is 4. The van der Waals surface area contributed by atoms with Crippen molar-refractivity contribution in [2.75, 3.05) is 12.5 Å². The molecule has 0 saturated heterocycles. The van der Waals surface area contributed by atoms with E-state index in [0.717, 1.165) is 0 Å². The first-order chi connectivity index (χ1) is 7.56. The van der Waals surface area contributed by atoms with Crippen LogP contribution in [-0.4, -0.2) is 23.8 Å². The van der Waals surface area contributed by atoms with E-state index in [1.54, 1.807) is 11.4 Å². The van der Waals surface area contributed by atoms with Crippen LogP contribution in [0.3, 0.4) is 0 Å². The maximum Gasteiger partial charge on any atom is 0.350 e. The average molecular weight is 283 g/mol. The van der Waals surface area contributed by atoms with Crippen LogP contribution in [0.25, 0.3) is 0 Å². The van der Waals surface area contributed by atoms with Crippen LogP contribution < -0.4 is 10.9 Å². The molecule has 0 bridgehead atoms. The summed E-state index contributed by atoms with van der Waals surface area (Å²) in [6.07, 6.45) is 0. The lowest BCUT2D eigenvalue weighted by Crippen LogP contribution is -2.33. The lowest BCUT2D eigenvalue weighted by atomic mass is 10.4. The molecule has 5 nitrogen and oxygen atoms in total. The van der Waals surface area contributed by atoms with Crippen molar-refractivity contribution < 1.29 is 14.3 Å². The first-order valence-electron chi connectivity index (χ1n) is 4.06. The summed E-state index contributed by atoms with van der Waals surface area (Å²) < 4.78 is 4.56. The van der Waals surface area contributed by atoms with Crippen molar-refractivity contribution in [3.05, 3.63) is 16.3 Å². The minimum absolute atomic E-state index is 0.350. The Bertz CT molecular complexity index is 394. The summed E-state index contributed by atoms with van der Waals surface area (Å²) in [5.74, 6) is -1.09. The molecule has 1 amide bonds. The topological polar surface area (TPSA) is 67.4 Å². The summed E-state index contributed by atoms with van der Waals surface area (Å²) in [4.78, 5) is 21.5. The van der Waals surface area contributed by atoms with Gasteiger partial charge < -0.3 is 4.74 Å². The van der Waals surface area contributed by atoms with Gasteiger partial charge >= 0.3 is 5.97 Å². The predicted octanol–water partition coefficient (Wildman–Crippen LogP) is 1.78. The van der Waals surface area contributed by atoms with Gasteiger partial charge in [0, 0.05) is 0 Å². The number of alkyl halides is 2. The van der Waals surface area contributed by atoms with E-state index in [4.69, 9.17) is 23.2 Å². The zero-order valence-corrected chi connectivity index (χ0v) is 10.4. The molecule has 0 aromatic carbocycles. The molecule has 0 aliphatic heterocycles. The van der Waals surface area contributed by atoms with Gasteiger partial charge in [0.05, 0.1) is 12.8 Å². The van der Waals surface area contributed by atoms with Gasteiger partial charge in [-0.1, -0.05) is 23.2 Å². The number of carbonyl (C=O) groups is 2. The second-order valence-corrected chi connectivity index (χ2v) is 4.58. The maximum absolute atomic E-state index is 11.3. The fraction of sp³-hybridized carbons (Fsp3) is 0.250. The second-order valence-electron chi connectivity index (χ2n) is 2.57. The molecule has 16 heavy (non-hydrogen) atoms. The molecule has 1 aromatic rings. The summed E-state index contributed by atoms with van der Waals surface area (Å²) in [6, 6.07) is 1.62. The molecule has 88 valence electrons. The Labute approximate surface area is 106 Å². The van der Waals surface area contributed by atoms with E-state index in [0.29, 0.717) is 10.6 Å². The molecular formula is C8H8Cl2N2O3S. The Morgan fingerprint density at radius 3 is 2.75 bits per heavy atom. The number of halogens is 2. The molecule has 1 aromatic heterocycles. The first kappa shape index (κ1) is 13.1. The zero-order chi connectivity index (χ0) is 12.1. The van der Waals surface area contributed by atoms with Gasteiger partial charge in [-0.3, -0.25) is 15.6 Å². The van der Waals surface area contributed by atoms with Crippen LogP contribution in [0.1, 0.15) is 9.67 Å². The van der Waals surface area contributed by atoms with Crippen molar-refractivity contribution in [3.63, 3.8) is 0 Å². The quantitative estimate of drug-likeness (QED) is 0.502. The van der Waals surface area contributed by atoms with E-state index < -0.39 is 16.7 Å². The van der Waals surface area contributed by atoms with E-state index in [2.05, 4.69) is 15.6 Å². The SMILES string of the molecule is COC(=O)c1sccc1NNC(=O)C(Cl)Cl. The van der Waals surface area contributed by atoms with Crippen LogP contribution in [0.5, 0.6) is 0 Å². The van der Waals surface area contributed by atoms with Crippen molar-refractivity contribution in [2.45, 2.75) is 4.84 Å². The van der Waals surface area contributed by atoms with E-state index in [9.17, 15) is 9.59 Å². The van der Waals surface area contributed by atoms with Gasteiger partial charge in [0.25, 0.3) is 5.91 Å². The molecule has 0 spiro atoms. The molecule has 8 heteroatoms. The number of anilines is 1. The molecule has 2 N–H and O–H groups in total. The van der Waals surface area contributed by atoms with Crippen molar-refractivity contribution in [1.29, 1.82) is 0 Å². The van der Waals surface area contributed by atoms with Crippen LogP contribution >= 0.6 is 34.5 Å². The van der Waals surface area contributed by atoms with Gasteiger partial charge in [-0.15, -0.1) is 11.3 Å².